The molecule has 0 saturated heterocycles. The molecule has 0 aliphatic rings. The number of hydrogen-bond donors (Lipinski definition) is 2. The van der Waals surface area contributed by atoms with Crippen LogP contribution in [0.2, 0.25) is 0 Å². The molecule has 0 unspecified atom stereocenters. The minimum Gasteiger partial charge on any atom is -0.508 e. The summed E-state index contributed by atoms with van der Waals surface area (Å²) in [4.78, 5) is 0. The molecule has 0 saturated carbocycles. The molecule has 0 spiro atoms. The van der Waals surface area contributed by atoms with Gasteiger partial charge in [-0.05, 0) is 30.3 Å². The lowest BCUT2D eigenvalue weighted by Crippen LogP contribution is -1.85. The SMILES string of the molecule is Cc1cc(CC=N)ccc1O. The molecule has 1 rings (SSSR count). The van der Waals surface area contributed by atoms with Gasteiger partial charge in [-0.3, -0.25) is 0 Å². The maximum atomic E-state index is 9.15. The van der Waals surface area contributed by atoms with Crippen LogP contribution in [-0.2, 0) is 6.42 Å². The Morgan fingerprint density at radius 1 is 1.55 bits per heavy atom. The molecule has 0 fully saturated rings. The molecule has 1 aromatic rings. The summed E-state index contributed by atoms with van der Waals surface area (Å²) in [6.07, 6.45) is 1.99. The van der Waals surface area contributed by atoms with Gasteiger partial charge in [0.05, 0.1) is 0 Å². The summed E-state index contributed by atoms with van der Waals surface area (Å²) in [5, 5.41) is 16.0. The first-order valence-electron chi connectivity index (χ1n) is 3.51. The summed E-state index contributed by atoms with van der Waals surface area (Å²) >= 11 is 0. The quantitative estimate of drug-likeness (QED) is 0.619. The van der Waals surface area contributed by atoms with Crippen molar-refractivity contribution in [2.24, 2.45) is 0 Å². The van der Waals surface area contributed by atoms with Crippen LogP contribution in [0.4, 0.5) is 0 Å². The normalized spacial score (nSPS) is 9.55. The largest absolute Gasteiger partial charge is 0.508 e. The molecule has 0 amide bonds. The summed E-state index contributed by atoms with van der Waals surface area (Å²) in [5.74, 6) is 0.318. The summed E-state index contributed by atoms with van der Waals surface area (Å²) < 4.78 is 0. The summed E-state index contributed by atoms with van der Waals surface area (Å²) in [7, 11) is 0. The fourth-order valence-corrected chi connectivity index (χ4v) is 0.962. The predicted molar refractivity (Wildman–Crippen MR) is 45.3 cm³/mol. The summed E-state index contributed by atoms with van der Waals surface area (Å²) in [6, 6.07) is 5.38. The van der Waals surface area contributed by atoms with Gasteiger partial charge in [0.2, 0.25) is 0 Å². The predicted octanol–water partition coefficient (Wildman–Crippen LogP) is 1.89. The van der Waals surface area contributed by atoms with Gasteiger partial charge in [-0.2, -0.15) is 0 Å². The number of aromatic hydroxyl groups is 1. The lowest BCUT2D eigenvalue weighted by molar-refractivity contribution is 0.471. The van der Waals surface area contributed by atoms with Crippen LogP contribution in [0, 0.1) is 12.3 Å². The van der Waals surface area contributed by atoms with Crippen molar-refractivity contribution < 1.29 is 5.11 Å². The van der Waals surface area contributed by atoms with Gasteiger partial charge in [-0.1, -0.05) is 12.1 Å². The van der Waals surface area contributed by atoms with Gasteiger partial charge < -0.3 is 10.5 Å². The van der Waals surface area contributed by atoms with Crippen molar-refractivity contribution in [3.63, 3.8) is 0 Å². The molecule has 2 nitrogen and oxygen atoms in total. The molecule has 0 aromatic heterocycles. The summed E-state index contributed by atoms with van der Waals surface area (Å²) in [5.41, 5.74) is 1.93. The molecular formula is C9H11NO. The highest BCUT2D eigenvalue weighted by molar-refractivity contribution is 5.58. The standard InChI is InChI=1S/C9H11NO/c1-7-6-8(4-5-10)2-3-9(7)11/h2-3,5-6,10-11H,4H2,1H3. The molecule has 0 bridgehead atoms. The van der Waals surface area contributed by atoms with Gasteiger partial charge in [0.1, 0.15) is 5.75 Å². The number of phenolic OH excluding ortho intramolecular Hbond substituents is 1. The van der Waals surface area contributed by atoms with Crippen molar-refractivity contribution >= 4 is 6.21 Å². The highest BCUT2D eigenvalue weighted by Gasteiger charge is 1.95. The highest BCUT2D eigenvalue weighted by atomic mass is 16.3. The average Bonchev–Trinajstić information content (AvgIpc) is 1.98. The van der Waals surface area contributed by atoms with E-state index in [-0.39, 0.29) is 0 Å². The Hall–Kier alpha value is -1.31. The lowest BCUT2D eigenvalue weighted by Gasteiger charge is -2.00. The van der Waals surface area contributed by atoms with Crippen molar-refractivity contribution in [3.8, 4) is 5.75 Å². The van der Waals surface area contributed by atoms with Crippen LogP contribution >= 0.6 is 0 Å². The smallest absolute Gasteiger partial charge is 0.118 e. The van der Waals surface area contributed by atoms with E-state index in [0.29, 0.717) is 12.2 Å². The number of benzene rings is 1. The van der Waals surface area contributed by atoms with Crippen LogP contribution in [0.15, 0.2) is 18.2 Å². The van der Waals surface area contributed by atoms with Crippen molar-refractivity contribution in [1.82, 2.24) is 0 Å². The van der Waals surface area contributed by atoms with E-state index in [2.05, 4.69) is 0 Å². The van der Waals surface area contributed by atoms with Gasteiger partial charge in [-0.25, -0.2) is 0 Å². The second-order valence-electron chi connectivity index (χ2n) is 2.53. The molecule has 1 aromatic carbocycles. The van der Waals surface area contributed by atoms with Gasteiger partial charge >= 0.3 is 0 Å². The first kappa shape index (κ1) is 7.79. The van der Waals surface area contributed by atoms with E-state index in [1.165, 1.54) is 6.21 Å². The van der Waals surface area contributed by atoms with Crippen LogP contribution in [0.25, 0.3) is 0 Å². The minimum atomic E-state index is 0.318. The molecule has 0 heterocycles. The lowest BCUT2D eigenvalue weighted by atomic mass is 10.1. The number of aryl methyl sites for hydroxylation is 1. The van der Waals surface area contributed by atoms with Crippen LogP contribution in [-0.4, -0.2) is 11.3 Å². The molecule has 11 heavy (non-hydrogen) atoms. The molecule has 2 heteroatoms. The van der Waals surface area contributed by atoms with E-state index in [4.69, 9.17) is 10.5 Å². The zero-order valence-electron chi connectivity index (χ0n) is 6.46. The Labute approximate surface area is 66.0 Å². The van der Waals surface area contributed by atoms with Gasteiger partial charge in [-0.15, -0.1) is 0 Å². The molecule has 58 valence electrons. The molecule has 0 aliphatic heterocycles. The minimum absolute atomic E-state index is 0.318. The third kappa shape index (κ3) is 1.80. The van der Waals surface area contributed by atoms with Gasteiger partial charge in [0.15, 0.2) is 0 Å². The molecule has 0 atom stereocenters. The Kier molecular flexibility index (Phi) is 2.26. The Morgan fingerprint density at radius 3 is 2.82 bits per heavy atom. The van der Waals surface area contributed by atoms with E-state index in [9.17, 15) is 0 Å². The van der Waals surface area contributed by atoms with Crippen molar-refractivity contribution in [2.75, 3.05) is 0 Å². The first-order valence-corrected chi connectivity index (χ1v) is 3.51. The number of phenols is 1. The molecule has 0 aliphatic carbocycles. The van der Waals surface area contributed by atoms with Crippen LogP contribution < -0.4 is 0 Å². The monoisotopic (exact) mass is 149 g/mol. The van der Waals surface area contributed by atoms with E-state index in [0.717, 1.165) is 11.1 Å². The fourth-order valence-electron chi connectivity index (χ4n) is 0.962. The topological polar surface area (TPSA) is 44.1 Å². The third-order valence-electron chi connectivity index (χ3n) is 1.60. The van der Waals surface area contributed by atoms with Gasteiger partial charge in [0, 0.05) is 6.42 Å². The van der Waals surface area contributed by atoms with Crippen LogP contribution in [0.5, 0.6) is 5.75 Å². The maximum absolute atomic E-state index is 9.15. The van der Waals surface area contributed by atoms with Crippen molar-refractivity contribution in [3.05, 3.63) is 29.3 Å². The maximum Gasteiger partial charge on any atom is 0.118 e. The van der Waals surface area contributed by atoms with Crippen LogP contribution in [0.1, 0.15) is 11.1 Å². The zero-order chi connectivity index (χ0) is 8.27. The summed E-state index contributed by atoms with van der Waals surface area (Å²) in [6.45, 7) is 1.85. The average molecular weight is 149 g/mol. The molecular weight excluding hydrogens is 138 g/mol. The second-order valence-corrected chi connectivity index (χ2v) is 2.53. The van der Waals surface area contributed by atoms with Crippen molar-refractivity contribution in [2.45, 2.75) is 13.3 Å². The van der Waals surface area contributed by atoms with E-state index < -0.39 is 0 Å². The van der Waals surface area contributed by atoms with E-state index in [1.807, 2.05) is 19.1 Å². The second kappa shape index (κ2) is 3.19. The molecule has 0 radical (unpaired) electrons. The Morgan fingerprint density at radius 2 is 2.27 bits per heavy atom. The number of nitrogens with one attached hydrogen (secondary N) is 1. The van der Waals surface area contributed by atoms with E-state index >= 15 is 0 Å². The first-order chi connectivity index (χ1) is 5.24. The number of hydrogen-bond acceptors (Lipinski definition) is 2. The van der Waals surface area contributed by atoms with E-state index in [1.54, 1.807) is 6.07 Å². The number of rotatable bonds is 2. The fraction of sp³-hybridized carbons (Fsp3) is 0.222. The highest BCUT2D eigenvalue weighted by Crippen LogP contribution is 2.16. The zero-order valence-corrected chi connectivity index (χ0v) is 6.46. The van der Waals surface area contributed by atoms with Crippen molar-refractivity contribution in [1.29, 1.82) is 5.41 Å². The Bertz CT molecular complexity index is 268. The third-order valence-corrected chi connectivity index (χ3v) is 1.60. The Balaban J connectivity index is 2.95. The van der Waals surface area contributed by atoms with Gasteiger partial charge in [0.25, 0.3) is 0 Å². The molecule has 2 N–H and O–H groups in total. The van der Waals surface area contributed by atoms with Crippen LogP contribution in [0.3, 0.4) is 0 Å².